The van der Waals surface area contributed by atoms with Crippen molar-refractivity contribution < 1.29 is 29.1 Å². The number of H-pyrrole nitrogens is 2. The summed E-state index contributed by atoms with van der Waals surface area (Å²) in [7, 11) is 0. The largest absolute Gasteiger partial charge is 0.480 e. The van der Waals surface area contributed by atoms with Gasteiger partial charge in [0.05, 0.1) is 19.2 Å². The second-order valence-corrected chi connectivity index (χ2v) is 7.35. The summed E-state index contributed by atoms with van der Waals surface area (Å²) in [6.07, 6.45) is 5.19. The maximum atomic E-state index is 13.0. The van der Waals surface area contributed by atoms with Crippen LogP contribution in [0, 0.1) is 0 Å². The van der Waals surface area contributed by atoms with Crippen molar-refractivity contribution in [2.24, 2.45) is 11.5 Å². The Bertz CT molecular complexity index is 977. The molecule has 15 nitrogen and oxygen atoms in total. The van der Waals surface area contributed by atoms with Crippen LogP contribution in [-0.4, -0.2) is 79.3 Å². The Labute approximate surface area is 193 Å². The van der Waals surface area contributed by atoms with Gasteiger partial charge >= 0.3 is 5.97 Å². The predicted octanol–water partition coefficient (Wildman–Crippen LogP) is -3.32. The molecule has 2 aromatic rings. The van der Waals surface area contributed by atoms with E-state index in [0.717, 1.165) is 0 Å². The van der Waals surface area contributed by atoms with Gasteiger partial charge in [0.2, 0.25) is 23.6 Å². The average molecular weight is 477 g/mol. The number of rotatable bonds is 14. The molecule has 15 heteroatoms. The molecule has 10 N–H and O–H groups in total. The van der Waals surface area contributed by atoms with Gasteiger partial charge in [-0.2, -0.15) is 0 Å². The summed E-state index contributed by atoms with van der Waals surface area (Å²) >= 11 is 0. The summed E-state index contributed by atoms with van der Waals surface area (Å²) in [4.78, 5) is 73.6. The first kappa shape index (κ1) is 26.0. The van der Waals surface area contributed by atoms with Crippen LogP contribution in [0.1, 0.15) is 24.2 Å². The van der Waals surface area contributed by atoms with Gasteiger partial charge in [0.15, 0.2) is 0 Å². The lowest BCUT2D eigenvalue weighted by atomic mass is 10.1. The topological polar surface area (TPSA) is 251 Å². The fraction of sp³-hybridized carbons (Fsp3) is 0.421. The van der Waals surface area contributed by atoms with Gasteiger partial charge in [-0.15, -0.1) is 0 Å². The summed E-state index contributed by atoms with van der Waals surface area (Å²) in [5.74, 6) is -4.20. The molecule has 0 aliphatic heterocycles. The van der Waals surface area contributed by atoms with Crippen molar-refractivity contribution in [3.63, 3.8) is 0 Å². The maximum absolute atomic E-state index is 13.0. The van der Waals surface area contributed by atoms with Crippen LogP contribution in [0.2, 0.25) is 0 Å². The summed E-state index contributed by atoms with van der Waals surface area (Å²) in [6, 6.07) is -3.74. The van der Waals surface area contributed by atoms with E-state index in [1.54, 1.807) is 0 Å². The molecule has 34 heavy (non-hydrogen) atoms. The Morgan fingerprint density at radius 2 is 1.38 bits per heavy atom. The second kappa shape index (κ2) is 12.7. The number of carbonyl (C=O) groups excluding carboxylic acids is 4. The van der Waals surface area contributed by atoms with Crippen molar-refractivity contribution in [2.75, 3.05) is 6.54 Å². The minimum atomic E-state index is -1.40. The molecule has 2 heterocycles. The zero-order chi connectivity index (χ0) is 25.1. The number of amides is 4. The number of aliphatic carboxylic acids is 1. The average Bonchev–Trinajstić information content (AvgIpc) is 3.49. The van der Waals surface area contributed by atoms with Gasteiger partial charge in [0, 0.05) is 43.0 Å². The van der Waals surface area contributed by atoms with Crippen molar-refractivity contribution in [3.05, 3.63) is 36.4 Å². The van der Waals surface area contributed by atoms with Crippen LogP contribution >= 0.6 is 0 Å². The Kier molecular flexibility index (Phi) is 9.70. The first-order valence-corrected chi connectivity index (χ1v) is 10.2. The Balaban J connectivity index is 2.19. The standard InChI is InChI=1S/C19H27N9O6/c20-5-16(30)26-13(3-10-6-22-8-24-10)17(31)28-14(4-11-7-23-9-25-11)18(32)27-12(19(33)34)1-2-15(21)29/h6-9,12-14H,1-5,20H2,(H2,21,29)(H,22,24)(H,23,25)(H,26,30)(H,27,32)(H,28,31)(H,33,34). The molecular weight excluding hydrogens is 450 g/mol. The summed E-state index contributed by atoms with van der Waals surface area (Å²) in [5.41, 5.74) is 11.4. The van der Waals surface area contributed by atoms with E-state index in [9.17, 15) is 29.1 Å². The molecule has 0 aromatic carbocycles. The monoisotopic (exact) mass is 477 g/mol. The highest BCUT2D eigenvalue weighted by molar-refractivity contribution is 5.94. The molecule has 184 valence electrons. The summed E-state index contributed by atoms with van der Waals surface area (Å²) in [6.45, 7) is -0.356. The minimum Gasteiger partial charge on any atom is -0.480 e. The van der Waals surface area contributed by atoms with E-state index in [4.69, 9.17) is 11.5 Å². The molecule has 0 spiro atoms. The predicted molar refractivity (Wildman–Crippen MR) is 115 cm³/mol. The number of carboxylic acids is 1. The van der Waals surface area contributed by atoms with Crippen molar-refractivity contribution in [1.29, 1.82) is 0 Å². The molecule has 0 radical (unpaired) electrons. The molecule has 4 amide bonds. The first-order valence-electron chi connectivity index (χ1n) is 10.2. The summed E-state index contributed by atoms with van der Waals surface area (Å²) in [5, 5.41) is 16.7. The molecule has 2 aromatic heterocycles. The van der Waals surface area contributed by atoms with Crippen LogP contribution in [-0.2, 0) is 36.8 Å². The smallest absolute Gasteiger partial charge is 0.326 e. The molecule has 2 rings (SSSR count). The lowest BCUT2D eigenvalue weighted by molar-refractivity contribution is -0.142. The van der Waals surface area contributed by atoms with Crippen molar-refractivity contribution in [2.45, 2.75) is 43.8 Å². The highest BCUT2D eigenvalue weighted by Gasteiger charge is 2.30. The molecule has 0 aliphatic carbocycles. The zero-order valence-corrected chi connectivity index (χ0v) is 18.1. The number of primary amides is 1. The first-order chi connectivity index (χ1) is 16.2. The Morgan fingerprint density at radius 1 is 0.882 bits per heavy atom. The van der Waals surface area contributed by atoms with Gasteiger partial charge in [-0.25, -0.2) is 14.8 Å². The molecule has 3 unspecified atom stereocenters. The molecule has 0 saturated heterocycles. The number of aromatic nitrogens is 4. The quantitative estimate of drug-likeness (QED) is 0.135. The minimum absolute atomic E-state index is 0.0341. The number of nitrogens with two attached hydrogens (primary N) is 2. The number of carboxylic acid groups (broad SMARTS) is 1. The molecule has 0 fully saturated rings. The second-order valence-electron chi connectivity index (χ2n) is 7.35. The highest BCUT2D eigenvalue weighted by Crippen LogP contribution is 2.05. The van der Waals surface area contributed by atoms with Crippen LogP contribution in [0.4, 0.5) is 0 Å². The zero-order valence-electron chi connectivity index (χ0n) is 18.1. The van der Waals surface area contributed by atoms with Crippen LogP contribution in [0.25, 0.3) is 0 Å². The van der Waals surface area contributed by atoms with E-state index in [0.29, 0.717) is 11.4 Å². The van der Waals surface area contributed by atoms with Gasteiger partial charge < -0.3 is 42.5 Å². The maximum Gasteiger partial charge on any atom is 0.326 e. The number of carbonyl (C=O) groups is 5. The van der Waals surface area contributed by atoms with Gasteiger partial charge in [0.25, 0.3) is 0 Å². The van der Waals surface area contributed by atoms with Crippen molar-refractivity contribution in [1.82, 2.24) is 35.9 Å². The third kappa shape index (κ3) is 8.34. The van der Waals surface area contributed by atoms with Gasteiger partial charge in [-0.1, -0.05) is 0 Å². The molecular formula is C19H27N9O6. The van der Waals surface area contributed by atoms with Crippen LogP contribution in [0.5, 0.6) is 0 Å². The Morgan fingerprint density at radius 3 is 1.79 bits per heavy atom. The van der Waals surface area contributed by atoms with Crippen LogP contribution in [0.3, 0.4) is 0 Å². The number of hydrogen-bond donors (Lipinski definition) is 8. The van der Waals surface area contributed by atoms with Crippen molar-refractivity contribution in [3.8, 4) is 0 Å². The van der Waals surface area contributed by atoms with E-state index in [-0.39, 0.29) is 32.2 Å². The third-order valence-electron chi connectivity index (χ3n) is 4.72. The number of hydrogen-bond acceptors (Lipinski definition) is 8. The lowest BCUT2D eigenvalue weighted by Crippen LogP contribution is -2.57. The van der Waals surface area contributed by atoms with E-state index < -0.39 is 47.7 Å². The van der Waals surface area contributed by atoms with Crippen molar-refractivity contribution >= 4 is 29.6 Å². The molecule has 0 saturated carbocycles. The van der Waals surface area contributed by atoms with E-state index in [1.165, 1.54) is 25.0 Å². The van der Waals surface area contributed by atoms with Crippen LogP contribution < -0.4 is 27.4 Å². The van der Waals surface area contributed by atoms with Gasteiger partial charge in [0.1, 0.15) is 18.1 Å². The molecule has 0 bridgehead atoms. The fourth-order valence-corrected chi connectivity index (χ4v) is 2.99. The normalized spacial score (nSPS) is 13.3. The number of nitrogens with one attached hydrogen (secondary N) is 5. The van der Waals surface area contributed by atoms with E-state index in [1.807, 2.05) is 0 Å². The molecule has 0 aliphatic rings. The number of aromatic amines is 2. The Hall–Kier alpha value is -4.27. The third-order valence-corrected chi connectivity index (χ3v) is 4.72. The van der Waals surface area contributed by atoms with E-state index in [2.05, 4.69) is 35.9 Å². The van der Waals surface area contributed by atoms with Crippen LogP contribution in [0.15, 0.2) is 25.0 Å². The highest BCUT2D eigenvalue weighted by atomic mass is 16.4. The SMILES string of the molecule is NCC(=O)NC(Cc1cnc[nH]1)C(=O)NC(Cc1cnc[nH]1)C(=O)NC(CCC(N)=O)C(=O)O. The van der Waals surface area contributed by atoms with Gasteiger partial charge in [-0.3, -0.25) is 19.2 Å². The number of nitrogens with zero attached hydrogens (tertiary/aromatic N) is 2. The fourth-order valence-electron chi connectivity index (χ4n) is 2.99. The number of imidazole rings is 2. The molecule has 3 atom stereocenters. The lowest BCUT2D eigenvalue weighted by Gasteiger charge is -2.24. The van der Waals surface area contributed by atoms with E-state index >= 15 is 0 Å². The van der Waals surface area contributed by atoms with Gasteiger partial charge in [-0.05, 0) is 6.42 Å². The summed E-state index contributed by atoms with van der Waals surface area (Å²) < 4.78 is 0.